The van der Waals surface area contributed by atoms with Crippen LogP contribution in [0.3, 0.4) is 0 Å². The number of rotatable bonds is 4. The fraction of sp³-hybridized carbons (Fsp3) is 0.0694. The van der Waals surface area contributed by atoms with Crippen molar-refractivity contribution in [2.45, 2.75) is 33.7 Å². The molecule has 2 heteroatoms. The molecule has 0 saturated carbocycles. The summed E-state index contributed by atoms with van der Waals surface area (Å²) in [5, 5.41) is 30.1. The first-order chi connectivity index (χ1) is 36.4. The Hall–Kier alpha value is -9.11. The van der Waals surface area contributed by atoms with Crippen molar-refractivity contribution in [3.63, 3.8) is 0 Å². The van der Waals surface area contributed by atoms with Gasteiger partial charge in [0.05, 0.1) is 11.7 Å². The third-order valence-corrected chi connectivity index (χ3v) is 17.5. The lowest BCUT2D eigenvalue weighted by molar-refractivity contribution is 0.705. The molecule has 0 fully saturated rings. The average Bonchev–Trinajstić information content (AvgIpc) is 4.11. The lowest BCUT2D eigenvalue weighted by Gasteiger charge is -2.21. The predicted molar refractivity (Wildman–Crippen MR) is 317 cm³/mol. The Morgan fingerprint density at radius 1 is 0.338 bits per heavy atom. The monoisotopic (exact) mass is 938 g/mol. The molecule has 1 unspecified atom stereocenters. The smallest absolute Gasteiger partial charge is 0.0711 e. The summed E-state index contributed by atoms with van der Waals surface area (Å²) in [6, 6.07) is 68.0. The van der Waals surface area contributed by atoms with Crippen LogP contribution < -0.4 is 5.32 Å². The average molecular weight is 939 g/mol. The first kappa shape index (κ1) is 40.5. The number of pyridine rings is 1. The zero-order valence-electron chi connectivity index (χ0n) is 41.5. The van der Waals surface area contributed by atoms with Gasteiger partial charge < -0.3 is 5.32 Å². The van der Waals surface area contributed by atoms with E-state index in [4.69, 9.17) is 4.98 Å². The van der Waals surface area contributed by atoms with E-state index in [0.29, 0.717) is 0 Å². The minimum Gasteiger partial charge on any atom is -0.378 e. The molecule has 2 heterocycles. The maximum absolute atomic E-state index is 5.01. The van der Waals surface area contributed by atoms with Gasteiger partial charge in [-0.2, -0.15) is 0 Å². The summed E-state index contributed by atoms with van der Waals surface area (Å²) in [6.45, 7) is 8.80. The topological polar surface area (TPSA) is 24.9 Å². The van der Waals surface area contributed by atoms with Gasteiger partial charge in [-0.05, 0) is 233 Å². The highest BCUT2D eigenvalue weighted by molar-refractivity contribution is 6.47. The highest BCUT2D eigenvalue weighted by atomic mass is 14.9. The number of hydrogen-bond acceptors (Lipinski definition) is 2. The molecular weight excluding hydrogens is 893 g/mol. The molecule has 1 atom stereocenters. The van der Waals surface area contributed by atoms with Gasteiger partial charge in [0.15, 0.2) is 0 Å². The maximum atomic E-state index is 5.01. The molecule has 1 N–H and O–H groups in total. The second-order valence-corrected chi connectivity index (χ2v) is 21.4. The van der Waals surface area contributed by atoms with E-state index >= 15 is 0 Å². The number of fused-ring (bicyclic) bond motifs is 12. The Balaban J connectivity index is 1.01. The van der Waals surface area contributed by atoms with Crippen molar-refractivity contribution >= 4 is 108 Å². The molecule has 0 spiro atoms. The number of aryl methyl sites for hydroxylation is 3. The van der Waals surface area contributed by atoms with E-state index in [2.05, 4.69) is 227 Å². The molecule has 14 aromatic carbocycles. The fourth-order valence-electron chi connectivity index (χ4n) is 14.4. The number of benzene rings is 12. The van der Waals surface area contributed by atoms with Crippen LogP contribution in [0.1, 0.15) is 35.3 Å². The first-order valence-electron chi connectivity index (χ1n) is 26.2. The van der Waals surface area contributed by atoms with Crippen LogP contribution in [0.5, 0.6) is 0 Å². The van der Waals surface area contributed by atoms with Crippen molar-refractivity contribution in [1.82, 2.24) is 10.3 Å². The van der Waals surface area contributed by atoms with Crippen molar-refractivity contribution in [3.05, 3.63) is 222 Å². The molecule has 344 valence electrons. The molecule has 0 saturated heterocycles. The third-order valence-electron chi connectivity index (χ3n) is 17.5. The van der Waals surface area contributed by atoms with Crippen LogP contribution in [0, 0.1) is 20.8 Å². The van der Waals surface area contributed by atoms with Crippen molar-refractivity contribution in [2.75, 3.05) is 0 Å². The lowest BCUT2D eigenvalue weighted by atomic mass is 9.84. The van der Waals surface area contributed by atoms with Gasteiger partial charge in [0.1, 0.15) is 0 Å². The van der Waals surface area contributed by atoms with Crippen molar-refractivity contribution < 1.29 is 0 Å². The molecule has 0 amide bonds. The summed E-state index contributed by atoms with van der Waals surface area (Å²) < 4.78 is 0. The Labute approximate surface area is 427 Å². The van der Waals surface area contributed by atoms with Gasteiger partial charge in [-0.1, -0.05) is 158 Å². The maximum Gasteiger partial charge on any atom is 0.0711 e. The highest BCUT2D eigenvalue weighted by Gasteiger charge is 2.30. The summed E-state index contributed by atoms with van der Waals surface area (Å²) >= 11 is 0. The quantitative estimate of drug-likeness (QED) is 0.140. The van der Waals surface area contributed by atoms with Crippen LogP contribution in [0.4, 0.5) is 0 Å². The van der Waals surface area contributed by atoms with Gasteiger partial charge in [0, 0.05) is 17.0 Å². The number of hydrogen-bond donors (Lipinski definition) is 1. The van der Waals surface area contributed by atoms with E-state index in [9.17, 15) is 0 Å². The number of dihydropyridines is 1. The SMILES string of the molecule is CC1=CC=CC(c2ccc3c(c2)-c2ccc4c5ccc6c7c(-c8ccccc8C)c8cc9c(cc8c(-c8ccccc8C)c7c7ccc(c8ccc-3c2c84)c5c76)c2cccc3c(-c4cccc(C)n4)ccc9c32)N1. The van der Waals surface area contributed by atoms with Crippen LogP contribution in [0.15, 0.2) is 200 Å². The third kappa shape index (κ3) is 5.12. The molecule has 17 rings (SSSR count). The molecule has 15 aromatic rings. The Morgan fingerprint density at radius 3 is 1.49 bits per heavy atom. The fourth-order valence-corrected chi connectivity index (χ4v) is 14.4. The Bertz CT molecular complexity index is 4910. The van der Waals surface area contributed by atoms with E-state index in [1.807, 2.05) is 0 Å². The molecule has 0 radical (unpaired) electrons. The molecule has 2 aliphatic rings. The molecule has 74 heavy (non-hydrogen) atoms. The Morgan fingerprint density at radius 2 is 0.851 bits per heavy atom. The minimum absolute atomic E-state index is 0.156. The van der Waals surface area contributed by atoms with Gasteiger partial charge in [-0.25, -0.2) is 0 Å². The standard InChI is InChI=1S/C72H46N2/c1-37-12-5-7-16-42(37)65-60-35-58-47-19-11-18-46-45(63-21-10-15-40(4)74-63)24-25-53(64(46)47)59(58)36-61(60)66(43-17-8-6-13-38(43)2)72-56-33-31-52-50-28-29-54-57-34-41(62-20-9-14-39(3)73-62)22-23-44(57)48-26-27-49(68(50)67(48)54)51-30-32-55(71(65)72)70(56)69(51)52/h5-36,62,73H,1-4H3. The van der Waals surface area contributed by atoms with Crippen LogP contribution in [0.25, 0.3) is 163 Å². The lowest BCUT2D eigenvalue weighted by Crippen LogP contribution is -2.19. The zero-order chi connectivity index (χ0) is 48.8. The van der Waals surface area contributed by atoms with E-state index in [-0.39, 0.29) is 6.04 Å². The van der Waals surface area contributed by atoms with Gasteiger partial charge in [0.2, 0.25) is 0 Å². The van der Waals surface area contributed by atoms with Crippen LogP contribution in [-0.4, -0.2) is 4.98 Å². The summed E-state index contributed by atoms with van der Waals surface area (Å²) in [6.07, 6.45) is 6.58. The van der Waals surface area contributed by atoms with E-state index in [0.717, 1.165) is 11.4 Å². The first-order valence-corrected chi connectivity index (χ1v) is 26.2. The van der Waals surface area contributed by atoms with Gasteiger partial charge >= 0.3 is 0 Å². The van der Waals surface area contributed by atoms with Gasteiger partial charge in [-0.15, -0.1) is 0 Å². The second kappa shape index (κ2) is 14.3. The molecule has 1 aliphatic heterocycles. The molecular formula is C72H46N2. The molecule has 0 bridgehead atoms. The van der Waals surface area contributed by atoms with Gasteiger partial charge in [-0.3, -0.25) is 4.98 Å². The summed E-state index contributed by atoms with van der Waals surface area (Å²) in [7, 11) is 0. The minimum atomic E-state index is 0.156. The molecule has 1 aromatic heterocycles. The predicted octanol–water partition coefficient (Wildman–Crippen LogP) is 19.6. The molecule has 2 nitrogen and oxygen atoms in total. The van der Waals surface area contributed by atoms with Crippen molar-refractivity contribution in [2.24, 2.45) is 0 Å². The van der Waals surface area contributed by atoms with E-state index in [1.54, 1.807) is 0 Å². The van der Waals surface area contributed by atoms with Crippen molar-refractivity contribution in [1.29, 1.82) is 0 Å². The summed E-state index contributed by atoms with van der Waals surface area (Å²) in [5.74, 6) is 0. The highest BCUT2D eigenvalue weighted by Crippen LogP contribution is 2.58. The Kier molecular flexibility index (Phi) is 7.83. The normalized spacial score (nSPS) is 14.5. The van der Waals surface area contributed by atoms with Crippen LogP contribution in [-0.2, 0) is 0 Å². The second-order valence-electron chi connectivity index (χ2n) is 21.4. The largest absolute Gasteiger partial charge is 0.378 e. The summed E-state index contributed by atoms with van der Waals surface area (Å²) in [5.41, 5.74) is 18.7. The van der Waals surface area contributed by atoms with Crippen LogP contribution in [0.2, 0.25) is 0 Å². The zero-order valence-corrected chi connectivity index (χ0v) is 41.5. The van der Waals surface area contributed by atoms with Crippen LogP contribution >= 0.6 is 0 Å². The van der Waals surface area contributed by atoms with Crippen molar-refractivity contribution in [3.8, 4) is 55.8 Å². The van der Waals surface area contributed by atoms with E-state index in [1.165, 1.54) is 180 Å². The number of nitrogens with one attached hydrogen (secondary N) is 1. The number of nitrogens with zero attached hydrogens (tertiary/aromatic N) is 1. The number of allylic oxidation sites excluding steroid dienone is 3. The van der Waals surface area contributed by atoms with E-state index < -0.39 is 0 Å². The summed E-state index contributed by atoms with van der Waals surface area (Å²) in [4.78, 5) is 5.01. The van der Waals surface area contributed by atoms with Gasteiger partial charge in [0.25, 0.3) is 0 Å². The molecule has 1 aliphatic carbocycles. The number of aromatic nitrogens is 1.